The second kappa shape index (κ2) is 6.51. The Morgan fingerprint density at radius 1 is 1.12 bits per heavy atom. The number of halogens is 2. The first-order valence-electron chi connectivity index (χ1n) is 6.83. The summed E-state index contributed by atoms with van der Waals surface area (Å²) < 4.78 is 32.3. The fourth-order valence-corrected chi connectivity index (χ4v) is 4.01. The van der Waals surface area contributed by atoms with E-state index in [0.29, 0.717) is 32.7 Å². The highest BCUT2D eigenvalue weighted by atomic mass is 35.5. The van der Waals surface area contributed by atoms with Crippen molar-refractivity contribution in [3.63, 3.8) is 0 Å². The van der Waals surface area contributed by atoms with E-state index in [0.717, 1.165) is 0 Å². The molecule has 0 atom stereocenters. The van der Waals surface area contributed by atoms with Gasteiger partial charge >= 0.3 is 0 Å². The minimum atomic E-state index is -3.68. The van der Waals surface area contributed by atoms with Gasteiger partial charge in [0.15, 0.2) is 6.61 Å². The van der Waals surface area contributed by atoms with Gasteiger partial charge < -0.3 is 10.1 Å². The van der Waals surface area contributed by atoms with Crippen LogP contribution in [0.4, 0.5) is 11.4 Å². The van der Waals surface area contributed by atoms with E-state index in [1.54, 1.807) is 12.1 Å². The highest BCUT2D eigenvalue weighted by molar-refractivity contribution is 7.91. The fourth-order valence-electron chi connectivity index (χ4n) is 2.28. The molecule has 6 nitrogen and oxygen atoms in total. The zero-order valence-electron chi connectivity index (χ0n) is 12.2. The van der Waals surface area contributed by atoms with Gasteiger partial charge in [-0.15, -0.1) is 0 Å². The molecular weight excluding hydrogens is 375 g/mol. The summed E-state index contributed by atoms with van der Waals surface area (Å²) in [4.78, 5) is 11.3. The van der Waals surface area contributed by atoms with Gasteiger partial charge in [0.05, 0.1) is 17.1 Å². The van der Waals surface area contributed by atoms with Crippen molar-refractivity contribution in [2.75, 3.05) is 16.6 Å². The minimum absolute atomic E-state index is 0.0619. The number of rotatable bonds is 4. The second-order valence-electron chi connectivity index (χ2n) is 5.19. The highest BCUT2D eigenvalue weighted by Gasteiger charge is 2.18. The molecule has 0 saturated carbocycles. The van der Waals surface area contributed by atoms with E-state index in [4.69, 9.17) is 27.9 Å². The number of amides is 1. The van der Waals surface area contributed by atoms with Gasteiger partial charge in [0.25, 0.3) is 5.91 Å². The van der Waals surface area contributed by atoms with Crippen molar-refractivity contribution < 1.29 is 17.9 Å². The van der Waals surface area contributed by atoms with E-state index in [1.165, 1.54) is 24.3 Å². The maximum Gasteiger partial charge on any atom is 0.262 e. The number of nitrogens with one attached hydrogen (secondary N) is 2. The molecule has 3 rings (SSSR count). The Labute approximate surface area is 148 Å². The van der Waals surface area contributed by atoms with E-state index in [1.807, 2.05) is 0 Å². The van der Waals surface area contributed by atoms with E-state index in [-0.39, 0.29) is 18.3 Å². The van der Waals surface area contributed by atoms with Gasteiger partial charge in [-0.2, -0.15) is 0 Å². The molecule has 0 fully saturated rings. The number of sulfonamides is 1. The number of carbonyl (C=O) groups excluding carboxylic acids is 1. The Hall–Kier alpha value is -1.96. The zero-order valence-corrected chi connectivity index (χ0v) is 14.5. The van der Waals surface area contributed by atoms with E-state index < -0.39 is 10.0 Å². The number of ether oxygens (including phenoxy) is 1. The van der Waals surface area contributed by atoms with Gasteiger partial charge in [-0.1, -0.05) is 23.2 Å². The summed E-state index contributed by atoms with van der Waals surface area (Å²) in [6.07, 6.45) is 0. The smallest absolute Gasteiger partial charge is 0.262 e. The van der Waals surface area contributed by atoms with Crippen LogP contribution in [0.5, 0.6) is 5.75 Å². The number of hydrogen-bond acceptors (Lipinski definition) is 4. The molecule has 2 aromatic rings. The number of fused-ring (bicyclic) bond motifs is 1. The van der Waals surface area contributed by atoms with Crippen LogP contribution in [0.3, 0.4) is 0 Å². The summed E-state index contributed by atoms with van der Waals surface area (Å²) in [6, 6.07) is 9.23. The van der Waals surface area contributed by atoms with Gasteiger partial charge in [0.1, 0.15) is 5.75 Å². The van der Waals surface area contributed by atoms with Gasteiger partial charge in [0.2, 0.25) is 10.0 Å². The Balaban J connectivity index is 1.79. The first-order chi connectivity index (χ1) is 11.3. The van der Waals surface area contributed by atoms with Crippen LogP contribution in [0.1, 0.15) is 5.56 Å². The predicted molar refractivity (Wildman–Crippen MR) is 93.3 cm³/mol. The molecule has 0 unspecified atom stereocenters. The lowest BCUT2D eigenvalue weighted by Crippen LogP contribution is -2.25. The zero-order chi connectivity index (χ0) is 17.3. The lowest BCUT2D eigenvalue weighted by molar-refractivity contribution is -0.118. The lowest BCUT2D eigenvalue weighted by Gasteiger charge is -2.19. The van der Waals surface area contributed by atoms with E-state index in [2.05, 4.69) is 10.0 Å². The maximum absolute atomic E-state index is 12.3. The van der Waals surface area contributed by atoms with Crippen molar-refractivity contribution in [1.29, 1.82) is 0 Å². The molecule has 1 aliphatic rings. The summed E-state index contributed by atoms with van der Waals surface area (Å²) in [5.41, 5.74) is 1.19. The summed E-state index contributed by atoms with van der Waals surface area (Å²) >= 11 is 11.8. The van der Waals surface area contributed by atoms with Crippen LogP contribution in [0.2, 0.25) is 10.0 Å². The summed E-state index contributed by atoms with van der Waals surface area (Å²) in [7, 11) is -3.68. The molecule has 24 heavy (non-hydrogen) atoms. The molecular formula is C15H12Cl2N2O4S. The number of hydrogen-bond donors (Lipinski definition) is 2. The van der Waals surface area contributed by atoms with Crippen LogP contribution in [-0.2, 0) is 20.6 Å². The minimum Gasteiger partial charge on any atom is -0.482 e. The lowest BCUT2D eigenvalue weighted by atomic mass is 10.2. The van der Waals surface area contributed by atoms with Gasteiger partial charge in [0, 0.05) is 10.0 Å². The Morgan fingerprint density at radius 3 is 2.54 bits per heavy atom. The maximum atomic E-state index is 12.3. The third-order valence-corrected chi connectivity index (χ3v) is 4.86. The molecule has 0 saturated heterocycles. The number of anilines is 2. The van der Waals surface area contributed by atoms with Gasteiger partial charge in [-0.25, -0.2) is 8.42 Å². The monoisotopic (exact) mass is 386 g/mol. The first-order valence-corrected chi connectivity index (χ1v) is 9.24. The molecule has 0 bridgehead atoms. The van der Waals surface area contributed by atoms with Crippen molar-refractivity contribution in [1.82, 2.24) is 0 Å². The molecule has 126 valence electrons. The molecule has 2 N–H and O–H groups in total. The summed E-state index contributed by atoms with van der Waals surface area (Å²) in [5.74, 6) is -0.0945. The SMILES string of the molecule is O=C1COc2ccc(NS(=O)(=O)Cc3cc(Cl)cc(Cl)c3)cc2N1. The first kappa shape index (κ1) is 16.9. The van der Waals surface area contributed by atoms with Gasteiger partial charge in [-0.3, -0.25) is 9.52 Å². The molecule has 1 amide bonds. The molecule has 1 aliphatic heterocycles. The van der Waals surface area contributed by atoms with Crippen molar-refractivity contribution >= 4 is 50.5 Å². The summed E-state index contributed by atoms with van der Waals surface area (Å²) in [6.45, 7) is -0.0619. The van der Waals surface area contributed by atoms with Crippen LogP contribution in [0.15, 0.2) is 36.4 Å². The van der Waals surface area contributed by atoms with Crippen molar-refractivity contribution in [3.05, 3.63) is 52.0 Å². The van der Waals surface area contributed by atoms with Crippen LogP contribution in [0, 0.1) is 0 Å². The average molecular weight is 387 g/mol. The van der Waals surface area contributed by atoms with Crippen molar-refractivity contribution in [2.24, 2.45) is 0 Å². The third-order valence-electron chi connectivity index (χ3n) is 3.16. The molecule has 0 radical (unpaired) electrons. The standard InChI is InChI=1S/C15H12Cl2N2O4S/c16-10-3-9(4-11(17)5-10)8-24(21,22)19-12-1-2-14-13(6-12)18-15(20)7-23-14/h1-6,19H,7-8H2,(H,18,20). The average Bonchev–Trinajstić information content (AvgIpc) is 2.44. The highest BCUT2D eigenvalue weighted by Crippen LogP contribution is 2.31. The van der Waals surface area contributed by atoms with Crippen LogP contribution in [0.25, 0.3) is 0 Å². The normalized spacial score (nSPS) is 13.7. The molecule has 0 aliphatic carbocycles. The van der Waals surface area contributed by atoms with Crippen LogP contribution < -0.4 is 14.8 Å². The van der Waals surface area contributed by atoms with E-state index >= 15 is 0 Å². The fraction of sp³-hybridized carbons (Fsp3) is 0.133. The molecule has 2 aromatic carbocycles. The third kappa shape index (κ3) is 4.11. The molecule has 9 heteroatoms. The number of carbonyl (C=O) groups is 1. The van der Waals surface area contributed by atoms with E-state index in [9.17, 15) is 13.2 Å². The van der Waals surface area contributed by atoms with Crippen LogP contribution in [-0.4, -0.2) is 20.9 Å². The van der Waals surface area contributed by atoms with Crippen molar-refractivity contribution in [2.45, 2.75) is 5.75 Å². The number of benzene rings is 2. The Bertz CT molecular complexity index is 895. The quantitative estimate of drug-likeness (QED) is 0.844. The van der Waals surface area contributed by atoms with Crippen LogP contribution >= 0.6 is 23.2 Å². The molecule has 1 heterocycles. The van der Waals surface area contributed by atoms with Gasteiger partial charge in [-0.05, 0) is 42.0 Å². The molecule has 0 aromatic heterocycles. The predicted octanol–water partition coefficient (Wildman–Crippen LogP) is 3.27. The second-order valence-corrected chi connectivity index (χ2v) is 7.78. The largest absolute Gasteiger partial charge is 0.482 e. The topological polar surface area (TPSA) is 84.5 Å². The Kier molecular flexibility index (Phi) is 4.58. The summed E-state index contributed by atoms with van der Waals surface area (Å²) in [5, 5.41) is 3.34. The molecule has 0 spiro atoms. The Morgan fingerprint density at radius 2 is 1.83 bits per heavy atom. The van der Waals surface area contributed by atoms with Crippen molar-refractivity contribution in [3.8, 4) is 5.75 Å².